The Morgan fingerprint density at radius 3 is 2.38 bits per heavy atom. The maximum atomic E-state index is 13.7. The Balaban J connectivity index is 1.75. The molecule has 1 unspecified atom stereocenters. The molecule has 2 N–H and O–H groups in total. The summed E-state index contributed by atoms with van der Waals surface area (Å²) in [5, 5.41) is 6.57. The third kappa shape index (κ3) is 12.9. The fraction of sp³-hybridized carbons (Fsp3) is 0.559. The number of halogens is 1. The predicted molar refractivity (Wildman–Crippen MR) is 185 cm³/mol. The molecule has 1 aliphatic carbocycles. The number of hydrogen-bond donors (Lipinski definition) is 2. The summed E-state index contributed by atoms with van der Waals surface area (Å²) in [5.74, 6) is 0.333. The minimum atomic E-state index is -1.32. The molecule has 0 aromatic heterocycles. The minimum Gasteiger partial charge on any atom is -0.453 e. The largest absolute Gasteiger partial charge is 0.453 e. The molecule has 1 atom stereocenters. The third-order valence-electron chi connectivity index (χ3n) is 8.11. The van der Waals surface area contributed by atoms with E-state index >= 15 is 0 Å². The number of methoxy groups -OCH3 is 1. The lowest BCUT2D eigenvalue weighted by molar-refractivity contribution is 0.0889. The average Bonchev–Trinajstić information content (AvgIpc) is 3.00. The van der Waals surface area contributed by atoms with Crippen LogP contribution in [0.4, 0.5) is 21.0 Å². The van der Waals surface area contributed by atoms with Crippen molar-refractivity contribution in [1.29, 1.82) is 0 Å². The summed E-state index contributed by atoms with van der Waals surface area (Å²) in [6.45, 7) is 8.58. The van der Waals surface area contributed by atoms with Gasteiger partial charge in [-0.3, -0.25) is 4.79 Å². The van der Waals surface area contributed by atoms with Gasteiger partial charge >= 0.3 is 12.2 Å². The minimum absolute atomic E-state index is 0.184. The zero-order chi connectivity index (χ0) is 32.8. The third-order valence-corrected chi connectivity index (χ3v) is 10.1. The Morgan fingerprint density at radius 2 is 1.71 bits per heavy atom. The van der Waals surface area contributed by atoms with E-state index in [-0.39, 0.29) is 18.0 Å². The van der Waals surface area contributed by atoms with E-state index < -0.39 is 14.2 Å². The topological polar surface area (TPSA) is 100 Å². The molecule has 0 bridgehead atoms. The van der Waals surface area contributed by atoms with E-state index in [1.165, 1.54) is 26.4 Å². The van der Waals surface area contributed by atoms with Crippen molar-refractivity contribution in [1.82, 2.24) is 15.5 Å². The van der Waals surface area contributed by atoms with E-state index in [1.54, 1.807) is 18.0 Å². The molecule has 2 aromatic carbocycles. The number of hydrogen-bond acceptors (Lipinski definition) is 6. The van der Waals surface area contributed by atoms with Gasteiger partial charge in [-0.25, -0.2) is 9.59 Å². The van der Waals surface area contributed by atoms with Crippen molar-refractivity contribution < 1.29 is 23.9 Å². The maximum absolute atomic E-state index is 13.7. The molecule has 0 spiro atoms. The van der Waals surface area contributed by atoms with Crippen molar-refractivity contribution in [3.63, 3.8) is 0 Å². The van der Waals surface area contributed by atoms with Crippen molar-refractivity contribution in [3.8, 4) is 0 Å². The van der Waals surface area contributed by atoms with Crippen molar-refractivity contribution in [3.05, 3.63) is 59.1 Å². The first kappa shape index (κ1) is 36.2. The molecule has 0 saturated heterocycles. The summed E-state index contributed by atoms with van der Waals surface area (Å²) < 4.78 is 10.3. The zero-order valence-corrected chi connectivity index (χ0v) is 29.3. The summed E-state index contributed by atoms with van der Waals surface area (Å²) in [5.41, 5.74) is 2.23. The highest BCUT2D eigenvalue weighted by Gasteiger charge is 2.25. The van der Waals surface area contributed by atoms with Gasteiger partial charge in [-0.05, 0) is 61.2 Å². The van der Waals surface area contributed by atoms with Crippen molar-refractivity contribution in [2.45, 2.75) is 76.7 Å². The van der Waals surface area contributed by atoms with Gasteiger partial charge in [0.1, 0.15) is 0 Å². The van der Waals surface area contributed by atoms with E-state index in [2.05, 4.69) is 39.9 Å². The number of nitrogens with one attached hydrogen (secondary N) is 2. The molecule has 11 heteroatoms. The van der Waals surface area contributed by atoms with Crippen LogP contribution in [0.1, 0.15) is 55.3 Å². The highest BCUT2D eigenvalue weighted by molar-refractivity contribution is 6.76. The molecule has 0 radical (unpaired) electrons. The Hall–Kier alpha value is -3.24. The number of alkyl carbamates (subject to hydrolysis) is 1. The van der Waals surface area contributed by atoms with Crippen LogP contribution in [0.25, 0.3) is 0 Å². The van der Waals surface area contributed by atoms with Gasteiger partial charge in [-0.2, -0.15) is 0 Å². The van der Waals surface area contributed by atoms with Crippen LogP contribution in [0.2, 0.25) is 30.7 Å². The highest BCUT2D eigenvalue weighted by Crippen LogP contribution is 2.30. The maximum Gasteiger partial charge on any atom is 0.409 e. The summed E-state index contributed by atoms with van der Waals surface area (Å²) in [7, 11) is 1.76. The fourth-order valence-electron chi connectivity index (χ4n) is 5.60. The van der Waals surface area contributed by atoms with E-state index in [0.29, 0.717) is 49.2 Å². The zero-order valence-electron chi connectivity index (χ0n) is 27.6. The molecule has 248 valence electrons. The van der Waals surface area contributed by atoms with Gasteiger partial charge in [-0.1, -0.05) is 75.5 Å². The monoisotopic (exact) mass is 658 g/mol. The standard InChI is InChI=1S/C34H51ClN4O5Si/c1-38(34(42)44-20-21-45(3,4)5)25-29(22-26-12-7-6-8-13-26)37-32(40)27-14-9-16-30(23-27)39(19-11-18-36-33(41)43-2)31-17-10-15-28(35)24-31/h9-10,14-17,23-24,26,29H,6-8,11-13,18-22,25H2,1-5H3,(H,36,41)(H,37,40). The Morgan fingerprint density at radius 1 is 1.02 bits per heavy atom. The lowest BCUT2D eigenvalue weighted by Gasteiger charge is -2.30. The molecular formula is C34H51ClN4O5Si. The van der Waals surface area contributed by atoms with Crippen molar-refractivity contribution in [2.75, 3.05) is 45.3 Å². The highest BCUT2D eigenvalue weighted by atomic mass is 35.5. The van der Waals surface area contributed by atoms with Gasteiger partial charge in [0.2, 0.25) is 0 Å². The Kier molecular flexibility index (Phi) is 14.5. The van der Waals surface area contributed by atoms with Crippen LogP contribution in [0.15, 0.2) is 48.5 Å². The number of nitrogens with zero attached hydrogens (tertiary/aromatic N) is 2. The van der Waals surface area contributed by atoms with Gasteiger partial charge < -0.3 is 29.9 Å². The first-order chi connectivity index (χ1) is 21.4. The van der Waals surface area contributed by atoms with E-state index in [1.807, 2.05) is 42.5 Å². The van der Waals surface area contributed by atoms with Crippen LogP contribution >= 0.6 is 11.6 Å². The van der Waals surface area contributed by atoms with Gasteiger partial charge in [0.05, 0.1) is 13.7 Å². The molecule has 3 rings (SSSR count). The smallest absolute Gasteiger partial charge is 0.409 e. The lowest BCUT2D eigenvalue weighted by Crippen LogP contribution is -2.45. The normalized spacial score (nSPS) is 14.3. The number of carbonyl (C=O) groups excluding carboxylic acids is 3. The fourth-order valence-corrected chi connectivity index (χ4v) is 6.50. The van der Waals surface area contributed by atoms with Gasteiger partial charge in [0.15, 0.2) is 0 Å². The molecule has 1 fully saturated rings. The summed E-state index contributed by atoms with van der Waals surface area (Å²) >= 11 is 6.33. The second-order valence-corrected chi connectivity index (χ2v) is 19.2. The molecule has 9 nitrogen and oxygen atoms in total. The number of anilines is 2. The van der Waals surface area contributed by atoms with Gasteiger partial charge in [0.25, 0.3) is 5.91 Å². The Bertz CT molecular complexity index is 1250. The number of ether oxygens (including phenoxy) is 2. The SMILES string of the molecule is COC(=O)NCCCN(c1cccc(Cl)c1)c1cccc(C(=O)NC(CC2CCCCC2)CN(C)C(=O)OCC[Si](C)(C)C)c1. The quantitative estimate of drug-likeness (QED) is 0.150. The first-order valence-corrected chi connectivity index (χ1v) is 20.2. The molecule has 0 aliphatic heterocycles. The molecule has 1 saturated carbocycles. The first-order valence-electron chi connectivity index (χ1n) is 16.1. The molecular weight excluding hydrogens is 608 g/mol. The van der Waals surface area contributed by atoms with Crippen molar-refractivity contribution in [2.24, 2.45) is 5.92 Å². The number of carbonyl (C=O) groups is 3. The summed E-state index contributed by atoms with van der Waals surface area (Å²) in [4.78, 5) is 41.7. The number of rotatable bonds is 15. The van der Waals surface area contributed by atoms with E-state index in [0.717, 1.165) is 36.7 Å². The molecule has 1 aliphatic rings. The van der Waals surface area contributed by atoms with Crippen molar-refractivity contribution >= 4 is 49.1 Å². The number of amides is 3. The molecule has 3 amide bonds. The van der Waals surface area contributed by atoms with Crippen LogP contribution < -0.4 is 15.5 Å². The summed E-state index contributed by atoms with van der Waals surface area (Å²) in [6.07, 6.45) is 6.59. The van der Waals surface area contributed by atoms with Crippen LogP contribution in [0.3, 0.4) is 0 Å². The average molecular weight is 659 g/mol. The van der Waals surface area contributed by atoms with Gasteiger partial charge in [-0.15, -0.1) is 0 Å². The van der Waals surface area contributed by atoms with Crippen LogP contribution in [-0.2, 0) is 9.47 Å². The second-order valence-electron chi connectivity index (χ2n) is 13.2. The van der Waals surface area contributed by atoms with E-state index in [9.17, 15) is 14.4 Å². The van der Waals surface area contributed by atoms with Crippen LogP contribution in [0.5, 0.6) is 0 Å². The Labute approximate surface area is 275 Å². The predicted octanol–water partition coefficient (Wildman–Crippen LogP) is 7.70. The molecule has 45 heavy (non-hydrogen) atoms. The number of benzene rings is 2. The summed E-state index contributed by atoms with van der Waals surface area (Å²) in [6, 6.07) is 15.8. The van der Waals surface area contributed by atoms with Crippen LogP contribution in [-0.4, -0.2) is 77.5 Å². The molecule has 0 heterocycles. The van der Waals surface area contributed by atoms with Gasteiger partial charge in [0, 0.05) is 62.8 Å². The van der Waals surface area contributed by atoms with Crippen LogP contribution in [0, 0.1) is 5.92 Å². The molecule has 2 aromatic rings. The number of likely N-dealkylation sites (N-methyl/N-ethyl adjacent to an activating group) is 1. The van der Waals surface area contributed by atoms with E-state index in [4.69, 9.17) is 16.3 Å². The lowest BCUT2D eigenvalue weighted by atomic mass is 9.84. The second kappa shape index (κ2) is 18.0.